The molecule has 19 heavy (non-hydrogen) atoms. The van der Waals surface area contributed by atoms with Gasteiger partial charge in [0.25, 0.3) is 0 Å². The molecule has 1 saturated carbocycles. The minimum absolute atomic E-state index is 0.0943. The van der Waals surface area contributed by atoms with Crippen molar-refractivity contribution in [3.8, 4) is 0 Å². The number of nitrogens with zero attached hydrogens (tertiary/aromatic N) is 1. The van der Waals surface area contributed by atoms with E-state index in [2.05, 4.69) is 0 Å². The summed E-state index contributed by atoms with van der Waals surface area (Å²) >= 11 is 1.45. The van der Waals surface area contributed by atoms with Crippen LogP contribution in [0.5, 0.6) is 0 Å². The zero-order valence-electron chi connectivity index (χ0n) is 10.6. The van der Waals surface area contributed by atoms with Gasteiger partial charge < -0.3 is 10.0 Å². The highest BCUT2D eigenvalue weighted by atomic mass is 32.2. The highest BCUT2D eigenvalue weighted by molar-refractivity contribution is 8.00. The minimum Gasteiger partial charge on any atom is -0.480 e. The number of hydrogen-bond acceptors (Lipinski definition) is 3. The van der Waals surface area contributed by atoms with E-state index in [1.165, 1.54) is 16.7 Å². The van der Waals surface area contributed by atoms with Gasteiger partial charge >= 0.3 is 5.97 Å². The molecule has 1 aromatic rings. The summed E-state index contributed by atoms with van der Waals surface area (Å²) in [7, 11) is 0. The van der Waals surface area contributed by atoms with E-state index in [0.717, 1.165) is 17.7 Å². The lowest BCUT2D eigenvalue weighted by atomic mass is 10.3. The molecule has 0 atom stereocenters. The first-order valence-corrected chi connectivity index (χ1v) is 7.31. The number of carboxylic acid groups (broad SMARTS) is 1. The number of rotatable bonds is 7. The molecular weight excluding hydrogens is 262 g/mol. The van der Waals surface area contributed by atoms with Gasteiger partial charge in [-0.3, -0.25) is 9.59 Å². The Morgan fingerprint density at radius 3 is 2.53 bits per heavy atom. The van der Waals surface area contributed by atoms with Crippen molar-refractivity contribution in [2.24, 2.45) is 5.92 Å². The average molecular weight is 279 g/mol. The molecule has 0 spiro atoms. The highest BCUT2D eigenvalue weighted by Gasteiger charge is 2.27. The Morgan fingerprint density at radius 2 is 1.95 bits per heavy atom. The van der Waals surface area contributed by atoms with Gasteiger partial charge in [0.15, 0.2) is 0 Å². The molecule has 2 rings (SSSR count). The number of amides is 1. The molecule has 5 heteroatoms. The summed E-state index contributed by atoms with van der Waals surface area (Å²) < 4.78 is 0. The number of aliphatic carboxylic acids is 1. The smallest absolute Gasteiger partial charge is 0.323 e. The van der Waals surface area contributed by atoms with Crippen molar-refractivity contribution in [2.45, 2.75) is 17.7 Å². The van der Waals surface area contributed by atoms with Gasteiger partial charge in [0, 0.05) is 11.4 Å². The maximum absolute atomic E-state index is 12.1. The number of benzene rings is 1. The van der Waals surface area contributed by atoms with Crippen molar-refractivity contribution in [1.82, 2.24) is 4.90 Å². The number of carbonyl (C=O) groups is 2. The third kappa shape index (κ3) is 4.95. The number of thioether (sulfide) groups is 1. The molecule has 0 aliphatic heterocycles. The molecule has 0 radical (unpaired) electrons. The zero-order chi connectivity index (χ0) is 13.7. The van der Waals surface area contributed by atoms with E-state index in [1.807, 2.05) is 30.3 Å². The summed E-state index contributed by atoms with van der Waals surface area (Å²) in [6.45, 7) is 0.394. The van der Waals surface area contributed by atoms with Crippen LogP contribution in [0.4, 0.5) is 0 Å². The third-order valence-corrected chi connectivity index (χ3v) is 3.96. The van der Waals surface area contributed by atoms with Crippen LogP contribution in [0.15, 0.2) is 35.2 Å². The van der Waals surface area contributed by atoms with E-state index in [-0.39, 0.29) is 12.5 Å². The Balaban J connectivity index is 1.85. The lowest BCUT2D eigenvalue weighted by Crippen LogP contribution is -2.38. The van der Waals surface area contributed by atoms with Crippen LogP contribution in [-0.2, 0) is 9.59 Å². The van der Waals surface area contributed by atoms with E-state index in [0.29, 0.717) is 18.2 Å². The predicted octanol–water partition coefficient (Wildman–Crippen LogP) is 2.10. The van der Waals surface area contributed by atoms with E-state index in [4.69, 9.17) is 5.11 Å². The first kappa shape index (κ1) is 13.9. The summed E-state index contributed by atoms with van der Waals surface area (Å²) in [6.07, 6.45) is 2.21. The predicted molar refractivity (Wildman–Crippen MR) is 74.1 cm³/mol. The fourth-order valence-electron chi connectivity index (χ4n) is 1.78. The Morgan fingerprint density at radius 1 is 1.26 bits per heavy atom. The van der Waals surface area contributed by atoms with Crippen molar-refractivity contribution in [3.05, 3.63) is 30.3 Å². The Bertz CT molecular complexity index is 445. The van der Waals surface area contributed by atoms with Crippen molar-refractivity contribution in [2.75, 3.05) is 18.8 Å². The van der Waals surface area contributed by atoms with Crippen LogP contribution >= 0.6 is 11.8 Å². The summed E-state index contributed by atoms with van der Waals surface area (Å²) in [4.78, 5) is 25.3. The third-order valence-electron chi connectivity index (χ3n) is 2.96. The number of carbonyl (C=O) groups excluding carboxylic acids is 1. The second-order valence-corrected chi connectivity index (χ2v) is 5.76. The van der Waals surface area contributed by atoms with Crippen molar-refractivity contribution >= 4 is 23.6 Å². The van der Waals surface area contributed by atoms with Gasteiger partial charge in [0.05, 0.1) is 5.75 Å². The van der Waals surface area contributed by atoms with Crippen LogP contribution < -0.4 is 0 Å². The van der Waals surface area contributed by atoms with Gasteiger partial charge in [0.1, 0.15) is 6.54 Å². The van der Waals surface area contributed by atoms with Gasteiger partial charge in [-0.15, -0.1) is 11.8 Å². The maximum Gasteiger partial charge on any atom is 0.323 e. The fourth-order valence-corrected chi connectivity index (χ4v) is 2.61. The molecule has 0 unspecified atom stereocenters. The van der Waals surface area contributed by atoms with E-state index in [9.17, 15) is 9.59 Å². The Kier molecular flexibility index (Phi) is 4.85. The second-order valence-electron chi connectivity index (χ2n) is 4.71. The van der Waals surface area contributed by atoms with Gasteiger partial charge in [-0.2, -0.15) is 0 Å². The molecule has 1 N–H and O–H groups in total. The van der Waals surface area contributed by atoms with Crippen LogP contribution in [0.25, 0.3) is 0 Å². The van der Waals surface area contributed by atoms with Gasteiger partial charge in [-0.05, 0) is 30.9 Å². The molecule has 1 amide bonds. The first-order valence-electron chi connectivity index (χ1n) is 6.32. The summed E-state index contributed by atoms with van der Waals surface area (Å²) in [5, 5.41) is 8.85. The van der Waals surface area contributed by atoms with Crippen LogP contribution in [0.1, 0.15) is 12.8 Å². The minimum atomic E-state index is -0.946. The van der Waals surface area contributed by atoms with Crippen molar-refractivity contribution < 1.29 is 14.7 Å². The summed E-state index contributed by atoms with van der Waals surface area (Å²) in [5.41, 5.74) is 0. The second kappa shape index (κ2) is 6.61. The molecule has 1 aromatic carbocycles. The van der Waals surface area contributed by atoms with Crippen LogP contribution in [0.3, 0.4) is 0 Å². The first-order chi connectivity index (χ1) is 9.15. The quantitative estimate of drug-likeness (QED) is 0.777. The van der Waals surface area contributed by atoms with Crippen molar-refractivity contribution in [3.63, 3.8) is 0 Å². The molecule has 1 aliphatic rings. The molecule has 0 aromatic heterocycles. The van der Waals surface area contributed by atoms with Crippen LogP contribution in [0.2, 0.25) is 0 Å². The standard InChI is InChI=1S/C14H17NO3S/c16-13(10-19-12-4-2-1-3-5-12)15(9-14(17)18)8-11-6-7-11/h1-5,11H,6-10H2,(H,17,18). The SMILES string of the molecule is O=C(O)CN(CC1CC1)C(=O)CSc1ccccc1. The lowest BCUT2D eigenvalue weighted by Gasteiger charge is -2.20. The van der Waals surface area contributed by atoms with E-state index in [1.54, 1.807) is 0 Å². The molecule has 1 fully saturated rings. The molecule has 0 bridgehead atoms. The van der Waals surface area contributed by atoms with Crippen molar-refractivity contribution in [1.29, 1.82) is 0 Å². The normalized spacial score (nSPS) is 14.1. The molecule has 0 saturated heterocycles. The topological polar surface area (TPSA) is 57.6 Å². The summed E-state index contributed by atoms with van der Waals surface area (Å²) in [6, 6.07) is 9.66. The lowest BCUT2D eigenvalue weighted by molar-refractivity contribution is -0.143. The Hall–Kier alpha value is -1.49. The van der Waals surface area contributed by atoms with E-state index < -0.39 is 5.97 Å². The molecular formula is C14H17NO3S. The van der Waals surface area contributed by atoms with Gasteiger partial charge in [-0.1, -0.05) is 18.2 Å². The molecule has 1 aliphatic carbocycles. The molecule has 102 valence electrons. The highest BCUT2D eigenvalue weighted by Crippen LogP contribution is 2.30. The zero-order valence-corrected chi connectivity index (χ0v) is 11.4. The Labute approximate surface area is 116 Å². The molecule has 4 nitrogen and oxygen atoms in total. The van der Waals surface area contributed by atoms with Crippen LogP contribution in [-0.4, -0.2) is 40.7 Å². The average Bonchev–Trinajstić information content (AvgIpc) is 3.20. The monoisotopic (exact) mass is 279 g/mol. The summed E-state index contributed by atoms with van der Waals surface area (Å²) in [5.74, 6) is -0.240. The van der Waals surface area contributed by atoms with Gasteiger partial charge in [-0.25, -0.2) is 0 Å². The van der Waals surface area contributed by atoms with E-state index >= 15 is 0 Å². The maximum atomic E-state index is 12.1. The largest absolute Gasteiger partial charge is 0.480 e. The van der Waals surface area contributed by atoms with Gasteiger partial charge in [0.2, 0.25) is 5.91 Å². The molecule has 0 heterocycles. The number of hydrogen-bond donors (Lipinski definition) is 1. The van der Waals surface area contributed by atoms with Crippen LogP contribution in [0, 0.1) is 5.92 Å². The fraction of sp³-hybridized carbons (Fsp3) is 0.429. The number of carboxylic acids is 1.